The molecular weight excluding hydrogens is 326 g/mol. The molecule has 1 heterocycles. The summed E-state index contributed by atoms with van der Waals surface area (Å²) in [6.45, 7) is 3.66. The van der Waals surface area contributed by atoms with Crippen molar-refractivity contribution in [3.8, 4) is 11.8 Å². The molecule has 2 fully saturated rings. The molecule has 4 nitrogen and oxygen atoms in total. The second kappa shape index (κ2) is 9.08. The molecule has 5 heteroatoms. The van der Waals surface area contributed by atoms with Crippen molar-refractivity contribution in [2.75, 3.05) is 13.2 Å². The molecule has 2 N–H and O–H groups in total. The molecule has 24 heavy (non-hydrogen) atoms. The number of rotatable bonds is 2. The van der Waals surface area contributed by atoms with E-state index in [4.69, 9.17) is 11.6 Å². The van der Waals surface area contributed by atoms with Crippen LogP contribution in [0, 0.1) is 17.8 Å². The van der Waals surface area contributed by atoms with Crippen molar-refractivity contribution in [1.82, 2.24) is 5.32 Å². The van der Waals surface area contributed by atoms with Gasteiger partial charge in [-0.1, -0.05) is 29.5 Å². The quantitative estimate of drug-likeness (QED) is 0.636. The van der Waals surface area contributed by atoms with E-state index >= 15 is 0 Å². The Morgan fingerprint density at radius 3 is 3.00 bits per heavy atom. The van der Waals surface area contributed by atoms with Gasteiger partial charge < -0.3 is 15.2 Å². The lowest BCUT2D eigenvalue weighted by atomic mass is 9.73. The molecule has 1 saturated heterocycles. The van der Waals surface area contributed by atoms with Gasteiger partial charge >= 0.3 is 0 Å². The zero-order chi connectivity index (χ0) is 17.4. The summed E-state index contributed by atoms with van der Waals surface area (Å²) in [7, 11) is 0. The number of ether oxygens (including phenoxy) is 1. The van der Waals surface area contributed by atoms with Gasteiger partial charge in [-0.25, -0.2) is 0 Å². The van der Waals surface area contributed by atoms with Crippen LogP contribution in [0.15, 0.2) is 24.3 Å². The summed E-state index contributed by atoms with van der Waals surface area (Å²) in [5, 5.41) is 15.0. The molecule has 3 rings (SSSR count). The predicted molar refractivity (Wildman–Crippen MR) is 94.7 cm³/mol. The Labute approximate surface area is 148 Å². The maximum absolute atomic E-state index is 10.8. The summed E-state index contributed by atoms with van der Waals surface area (Å²) in [4.78, 5) is 9.18. The topological polar surface area (TPSA) is 58.6 Å². The highest BCUT2D eigenvalue weighted by molar-refractivity contribution is 6.30. The highest BCUT2D eigenvalue weighted by atomic mass is 35.5. The minimum absolute atomic E-state index is 0.271. The van der Waals surface area contributed by atoms with Crippen LogP contribution in [0.5, 0.6) is 0 Å². The van der Waals surface area contributed by atoms with Crippen molar-refractivity contribution in [3.05, 3.63) is 34.9 Å². The maximum Gasteiger partial charge on any atom is 0.293 e. The summed E-state index contributed by atoms with van der Waals surface area (Å²) in [5.41, 5.74) is 0.0309. The molecule has 130 valence electrons. The lowest BCUT2D eigenvalue weighted by Gasteiger charge is -2.37. The highest BCUT2D eigenvalue weighted by Gasteiger charge is 2.45. The van der Waals surface area contributed by atoms with Gasteiger partial charge in [-0.15, -0.1) is 0 Å². The van der Waals surface area contributed by atoms with Crippen molar-refractivity contribution < 1.29 is 14.6 Å². The van der Waals surface area contributed by atoms with Crippen molar-refractivity contribution in [1.29, 1.82) is 0 Å². The second-order valence-corrected chi connectivity index (χ2v) is 6.52. The van der Waals surface area contributed by atoms with Crippen LogP contribution in [0.2, 0.25) is 5.02 Å². The van der Waals surface area contributed by atoms with Gasteiger partial charge in [0.15, 0.2) is 0 Å². The number of benzene rings is 1. The van der Waals surface area contributed by atoms with Crippen molar-refractivity contribution in [2.24, 2.45) is 5.92 Å². The molecule has 0 radical (unpaired) electrons. The number of carbonyl (C=O) groups excluding carboxylic acids is 1. The molecule has 1 aromatic carbocycles. The molecule has 1 aliphatic heterocycles. The molecule has 3 unspecified atom stereocenters. The second-order valence-electron chi connectivity index (χ2n) is 6.08. The zero-order valence-electron chi connectivity index (χ0n) is 13.9. The SMILES string of the molecule is CCOC=O.OC1(C#Cc2cccc(Cl)c2)CCCC2NCCC21. The first-order valence-corrected chi connectivity index (χ1v) is 8.76. The molecule has 0 aromatic heterocycles. The first-order chi connectivity index (χ1) is 11.6. The first-order valence-electron chi connectivity index (χ1n) is 8.39. The standard InChI is InChI=1S/C16H18ClNO.C3H6O2/c17-13-4-1-3-12(11-13)6-9-16(19)8-2-5-15-14(16)7-10-18-15;1-2-5-3-4/h1,3-4,11,14-15,18-19H,2,5,7-8,10H2;3H,2H2,1H3. The highest BCUT2D eigenvalue weighted by Crippen LogP contribution is 2.38. The predicted octanol–water partition coefficient (Wildman–Crippen LogP) is 2.76. The Morgan fingerprint density at radius 1 is 1.50 bits per heavy atom. The van der Waals surface area contributed by atoms with E-state index in [2.05, 4.69) is 21.9 Å². The number of aliphatic hydroxyl groups is 1. The molecule has 0 spiro atoms. The van der Waals surface area contributed by atoms with Crippen LogP contribution in [-0.2, 0) is 9.53 Å². The summed E-state index contributed by atoms with van der Waals surface area (Å²) in [5.74, 6) is 6.49. The number of fused-ring (bicyclic) bond motifs is 1. The molecule has 2 aliphatic rings. The minimum Gasteiger partial charge on any atom is -0.468 e. The Balaban J connectivity index is 0.000000368. The number of nitrogens with one attached hydrogen (secondary N) is 1. The van der Waals surface area contributed by atoms with Crippen LogP contribution in [0.25, 0.3) is 0 Å². The fraction of sp³-hybridized carbons (Fsp3) is 0.526. The largest absolute Gasteiger partial charge is 0.468 e. The van der Waals surface area contributed by atoms with E-state index in [9.17, 15) is 9.90 Å². The van der Waals surface area contributed by atoms with Crippen LogP contribution in [0.4, 0.5) is 0 Å². The van der Waals surface area contributed by atoms with Gasteiger partial charge in [-0.3, -0.25) is 4.79 Å². The molecule has 1 saturated carbocycles. The number of hydrogen-bond acceptors (Lipinski definition) is 4. The maximum atomic E-state index is 10.8. The Morgan fingerprint density at radius 2 is 2.33 bits per heavy atom. The zero-order valence-corrected chi connectivity index (χ0v) is 14.7. The summed E-state index contributed by atoms with van der Waals surface area (Å²) < 4.78 is 4.15. The third-order valence-corrected chi connectivity index (χ3v) is 4.75. The van der Waals surface area contributed by atoms with Crippen molar-refractivity contribution >= 4 is 18.1 Å². The van der Waals surface area contributed by atoms with Gasteiger partial charge in [-0.2, -0.15) is 0 Å². The molecular formula is C19H24ClNO3. The van der Waals surface area contributed by atoms with Gasteiger partial charge in [0.1, 0.15) is 5.60 Å². The number of halogens is 1. The Bertz CT molecular complexity index is 610. The van der Waals surface area contributed by atoms with Crippen molar-refractivity contribution in [2.45, 2.75) is 44.2 Å². The van der Waals surface area contributed by atoms with Crippen LogP contribution >= 0.6 is 11.6 Å². The van der Waals surface area contributed by atoms with E-state index in [0.717, 1.165) is 37.8 Å². The van der Waals surface area contributed by atoms with E-state index in [0.29, 0.717) is 24.1 Å². The Hall–Kier alpha value is -1.54. The van der Waals surface area contributed by atoms with E-state index in [1.165, 1.54) is 0 Å². The smallest absolute Gasteiger partial charge is 0.293 e. The van der Waals surface area contributed by atoms with Crippen molar-refractivity contribution in [3.63, 3.8) is 0 Å². The average Bonchev–Trinajstić information content (AvgIpc) is 3.05. The fourth-order valence-corrected chi connectivity index (χ4v) is 3.58. The summed E-state index contributed by atoms with van der Waals surface area (Å²) in [6, 6.07) is 7.92. The summed E-state index contributed by atoms with van der Waals surface area (Å²) >= 11 is 5.95. The molecule has 0 bridgehead atoms. The van der Waals surface area contributed by atoms with Crippen LogP contribution in [0.1, 0.15) is 38.2 Å². The molecule has 0 amide bonds. The number of carbonyl (C=O) groups is 1. The van der Waals surface area contributed by atoms with Gasteiger partial charge in [0.2, 0.25) is 0 Å². The first kappa shape index (κ1) is 18.8. The van der Waals surface area contributed by atoms with Crippen LogP contribution in [-0.4, -0.2) is 36.4 Å². The molecule has 1 aliphatic carbocycles. The lowest BCUT2D eigenvalue weighted by molar-refractivity contribution is -0.128. The third-order valence-electron chi connectivity index (χ3n) is 4.52. The van der Waals surface area contributed by atoms with Gasteiger partial charge in [0.05, 0.1) is 6.61 Å². The normalized spacial score (nSPS) is 27.8. The molecule has 3 atom stereocenters. The van der Waals surface area contributed by atoms with Crippen LogP contribution < -0.4 is 5.32 Å². The average molecular weight is 350 g/mol. The monoisotopic (exact) mass is 349 g/mol. The fourth-order valence-electron chi connectivity index (χ4n) is 3.39. The molecule has 1 aromatic rings. The van der Waals surface area contributed by atoms with E-state index in [1.807, 2.05) is 24.3 Å². The minimum atomic E-state index is -0.839. The van der Waals surface area contributed by atoms with E-state index in [-0.39, 0.29) is 5.92 Å². The van der Waals surface area contributed by atoms with Gasteiger partial charge in [-0.05, 0) is 57.4 Å². The lowest BCUT2D eigenvalue weighted by Crippen LogP contribution is -2.47. The van der Waals surface area contributed by atoms with E-state index < -0.39 is 5.60 Å². The summed E-state index contributed by atoms with van der Waals surface area (Å²) in [6.07, 6.45) is 4.00. The van der Waals surface area contributed by atoms with Gasteiger partial charge in [0.25, 0.3) is 6.47 Å². The third kappa shape index (κ3) is 4.98. The Kier molecular flexibility index (Phi) is 7.11. The van der Waals surface area contributed by atoms with E-state index in [1.54, 1.807) is 6.92 Å². The van der Waals surface area contributed by atoms with Crippen LogP contribution in [0.3, 0.4) is 0 Å². The number of hydrogen-bond donors (Lipinski definition) is 2. The van der Waals surface area contributed by atoms with Gasteiger partial charge in [0, 0.05) is 22.5 Å².